The Morgan fingerprint density at radius 3 is 2.82 bits per heavy atom. The molecule has 0 saturated carbocycles. The maximum absolute atomic E-state index is 4.49. The topological polar surface area (TPSA) is 24.9 Å². The summed E-state index contributed by atoms with van der Waals surface area (Å²) in [4.78, 5) is 5.78. The van der Waals surface area contributed by atoms with Gasteiger partial charge in [0.05, 0.1) is 0 Å². The molecule has 1 aromatic heterocycles. The summed E-state index contributed by atoms with van der Waals surface area (Å²) in [5, 5.41) is 5.30. The fourth-order valence-electron chi connectivity index (χ4n) is 1.61. The average molecular weight is 264 g/mol. The summed E-state index contributed by atoms with van der Waals surface area (Å²) in [6.07, 6.45) is 0. The van der Waals surface area contributed by atoms with E-state index in [9.17, 15) is 0 Å². The fourth-order valence-corrected chi connectivity index (χ4v) is 3.51. The van der Waals surface area contributed by atoms with Crippen molar-refractivity contribution in [3.8, 4) is 0 Å². The van der Waals surface area contributed by atoms with Crippen LogP contribution < -0.4 is 5.32 Å². The second kappa shape index (κ2) is 5.67. The Bertz CT molecular complexity index is 506. The fraction of sp³-hybridized carbons (Fsp3) is 0.308. The summed E-state index contributed by atoms with van der Waals surface area (Å²) in [6.45, 7) is 5.06. The van der Waals surface area contributed by atoms with Gasteiger partial charge in [-0.25, -0.2) is 4.98 Å². The number of hydrogen-bond acceptors (Lipinski definition) is 4. The van der Waals surface area contributed by atoms with E-state index in [1.54, 1.807) is 23.1 Å². The third-order valence-corrected chi connectivity index (χ3v) is 4.55. The Hall–Kier alpha value is -0.840. The molecule has 0 amide bonds. The highest BCUT2D eigenvalue weighted by molar-refractivity contribution is 8.01. The van der Waals surface area contributed by atoms with Crippen LogP contribution in [0.2, 0.25) is 0 Å². The molecule has 0 fully saturated rings. The summed E-state index contributed by atoms with van der Waals surface area (Å²) in [6, 6.07) is 6.57. The molecule has 0 bridgehead atoms. The number of hydrogen-bond donors (Lipinski definition) is 1. The lowest BCUT2D eigenvalue weighted by Crippen LogP contribution is -2.06. The zero-order chi connectivity index (χ0) is 12.3. The molecule has 4 heteroatoms. The van der Waals surface area contributed by atoms with Gasteiger partial charge in [0.25, 0.3) is 0 Å². The van der Waals surface area contributed by atoms with Gasteiger partial charge < -0.3 is 5.32 Å². The predicted octanol–water partition coefficient (Wildman–Crippen LogP) is 3.63. The van der Waals surface area contributed by atoms with Gasteiger partial charge in [0.1, 0.15) is 0 Å². The van der Waals surface area contributed by atoms with Crippen molar-refractivity contribution in [2.45, 2.75) is 29.6 Å². The molecule has 0 radical (unpaired) electrons. The number of benzene rings is 1. The molecule has 0 unspecified atom stereocenters. The molecule has 0 spiro atoms. The average Bonchev–Trinajstić information content (AvgIpc) is 2.69. The second-order valence-electron chi connectivity index (χ2n) is 4.00. The van der Waals surface area contributed by atoms with E-state index in [1.807, 2.05) is 14.0 Å². The Morgan fingerprint density at radius 1 is 1.35 bits per heavy atom. The number of aromatic nitrogens is 1. The summed E-state index contributed by atoms with van der Waals surface area (Å²) >= 11 is 3.46. The zero-order valence-electron chi connectivity index (χ0n) is 10.3. The number of rotatable bonds is 4. The molecule has 1 heterocycles. The van der Waals surface area contributed by atoms with Crippen molar-refractivity contribution in [2.24, 2.45) is 0 Å². The van der Waals surface area contributed by atoms with E-state index in [-0.39, 0.29) is 0 Å². The van der Waals surface area contributed by atoms with Crippen molar-refractivity contribution in [1.82, 2.24) is 10.3 Å². The highest BCUT2D eigenvalue weighted by Gasteiger charge is 2.06. The van der Waals surface area contributed by atoms with Crippen LogP contribution >= 0.6 is 23.1 Å². The maximum atomic E-state index is 4.49. The minimum absolute atomic E-state index is 0.897. The first-order chi connectivity index (χ1) is 8.19. The van der Waals surface area contributed by atoms with E-state index in [1.165, 1.54) is 16.0 Å². The van der Waals surface area contributed by atoms with Crippen LogP contribution in [0.25, 0.3) is 0 Å². The quantitative estimate of drug-likeness (QED) is 0.913. The van der Waals surface area contributed by atoms with Gasteiger partial charge in [-0.3, -0.25) is 0 Å². The second-order valence-corrected chi connectivity index (χ2v) is 6.15. The zero-order valence-corrected chi connectivity index (χ0v) is 11.9. The molecule has 2 nitrogen and oxygen atoms in total. The minimum atomic E-state index is 0.897. The molecule has 1 N–H and O–H groups in total. The van der Waals surface area contributed by atoms with Gasteiger partial charge >= 0.3 is 0 Å². The molecule has 17 heavy (non-hydrogen) atoms. The monoisotopic (exact) mass is 264 g/mol. The van der Waals surface area contributed by atoms with Crippen molar-refractivity contribution < 1.29 is 0 Å². The van der Waals surface area contributed by atoms with Crippen molar-refractivity contribution in [3.05, 3.63) is 40.4 Å². The predicted molar refractivity (Wildman–Crippen MR) is 74.9 cm³/mol. The summed E-state index contributed by atoms with van der Waals surface area (Å²) in [7, 11) is 1.98. The molecule has 0 aliphatic carbocycles. The number of nitrogens with zero attached hydrogens (tertiary/aromatic N) is 1. The molecular weight excluding hydrogens is 248 g/mol. The lowest BCUT2D eigenvalue weighted by atomic mass is 10.1. The molecule has 1 aromatic carbocycles. The molecule has 2 aromatic rings. The lowest BCUT2D eigenvalue weighted by molar-refractivity contribution is 0.802. The van der Waals surface area contributed by atoms with Crippen LogP contribution in [0, 0.1) is 13.8 Å². The third kappa shape index (κ3) is 3.31. The van der Waals surface area contributed by atoms with Gasteiger partial charge in [-0.1, -0.05) is 29.5 Å². The Balaban J connectivity index is 2.25. The maximum Gasteiger partial charge on any atom is 0.154 e. The van der Waals surface area contributed by atoms with Crippen molar-refractivity contribution in [3.63, 3.8) is 0 Å². The van der Waals surface area contributed by atoms with Crippen LogP contribution in [-0.2, 0) is 6.54 Å². The van der Waals surface area contributed by atoms with Crippen molar-refractivity contribution >= 4 is 23.1 Å². The minimum Gasteiger partial charge on any atom is -0.316 e. The molecule has 90 valence electrons. The summed E-state index contributed by atoms with van der Waals surface area (Å²) in [5.74, 6) is 0. The smallest absolute Gasteiger partial charge is 0.154 e. The molecule has 0 aliphatic heterocycles. The van der Waals surface area contributed by atoms with Gasteiger partial charge in [-0.2, -0.15) is 0 Å². The standard InChI is InChI=1S/C13H16N2S2/c1-9-4-5-12(11(6-9)7-14-3)17-13-15-10(2)8-16-13/h4-6,8,14H,7H2,1-3H3. The first-order valence-corrected chi connectivity index (χ1v) is 7.23. The summed E-state index contributed by atoms with van der Waals surface area (Å²) < 4.78 is 1.11. The number of thiazole rings is 1. The number of nitrogens with one attached hydrogen (secondary N) is 1. The van der Waals surface area contributed by atoms with Crippen LogP contribution in [-0.4, -0.2) is 12.0 Å². The van der Waals surface area contributed by atoms with Crippen LogP contribution in [0.4, 0.5) is 0 Å². The van der Waals surface area contributed by atoms with Crippen molar-refractivity contribution in [2.75, 3.05) is 7.05 Å². The SMILES string of the molecule is CNCc1cc(C)ccc1Sc1nc(C)cs1. The Kier molecular flexibility index (Phi) is 4.20. The van der Waals surface area contributed by atoms with Crippen LogP contribution in [0.15, 0.2) is 32.8 Å². The van der Waals surface area contributed by atoms with Crippen LogP contribution in [0.1, 0.15) is 16.8 Å². The first-order valence-electron chi connectivity index (χ1n) is 5.53. The Labute approximate surface area is 110 Å². The largest absolute Gasteiger partial charge is 0.316 e. The molecular formula is C13H16N2S2. The number of aryl methyl sites for hydroxylation is 2. The van der Waals surface area contributed by atoms with Gasteiger partial charge in [-0.15, -0.1) is 11.3 Å². The van der Waals surface area contributed by atoms with Gasteiger partial charge in [0.15, 0.2) is 4.34 Å². The normalized spacial score (nSPS) is 10.8. The third-order valence-electron chi connectivity index (χ3n) is 2.38. The first kappa shape index (κ1) is 12.6. The van der Waals surface area contributed by atoms with E-state index in [0.717, 1.165) is 16.6 Å². The van der Waals surface area contributed by atoms with Crippen LogP contribution in [0.3, 0.4) is 0 Å². The molecule has 0 saturated heterocycles. The van der Waals surface area contributed by atoms with Gasteiger partial charge in [0, 0.05) is 22.5 Å². The van der Waals surface area contributed by atoms with E-state index >= 15 is 0 Å². The van der Waals surface area contributed by atoms with Crippen molar-refractivity contribution in [1.29, 1.82) is 0 Å². The lowest BCUT2D eigenvalue weighted by Gasteiger charge is -2.08. The summed E-state index contributed by atoms with van der Waals surface area (Å²) in [5.41, 5.74) is 3.74. The van der Waals surface area contributed by atoms with Gasteiger partial charge in [-0.05, 0) is 32.5 Å². The Morgan fingerprint density at radius 2 is 2.18 bits per heavy atom. The molecule has 2 rings (SSSR count). The van der Waals surface area contributed by atoms with E-state index in [0.29, 0.717) is 0 Å². The highest BCUT2D eigenvalue weighted by Crippen LogP contribution is 2.33. The molecule has 0 atom stereocenters. The molecule has 0 aliphatic rings. The van der Waals surface area contributed by atoms with Gasteiger partial charge in [0.2, 0.25) is 0 Å². The van der Waals surface area contributed by atoms with E-state index < -0.39 is 0 Å². The van der Waals surface area contributed by atoms with E-state index in [4.69, 9.17) is 0 Å². The van der Waals surface area contributed by atoms with Crippen LogP contribution in [0.5, 0.6) is 0 Å². The highest BCUT2D eigenvalue weighted by atomic mass is 32.2. The van der Waals surface area contributed by atoms with E-state index in [2.05, 4.69) is 40.8 Å².